The van der Waals surface area contributed by atoms with E-state index in [1.54, 1.807) is 42.5 Å². The summed E-state index contributed by atoms with van der Waals surface area (Å²) in [5.74, 6) is 1.68. The van der Waals surface area contributed by atoms with Gasteiger partial charge < -0.3 is 24.1 Å². The second-order valence-corrected chi connectivity index (χ2v) is 8.22. The summed E-state index contributed by atoms with van der Waals surface area (Å²) < 4.78 is 16.9. The molecule has 182 valence electrons. The molecule has 1 amide bonds. The van der Waals surface area contributed by atoms with E-state index < -0.39 is 11.1 Å². The fourth-order valence-electron chi connectivity index (χ4n) is 4.20. The van der Waals surface area contributed by atoms with Crippen molar-refractivity contribution in [2.75, 3.05) is 12.4 Å². The van der Waals surface area contributed by atoms with Gasteiger partial charge in [-0.1, -0.05) is 18.2 Å². The van der Waals surface area contributed by atoms with Gasteiger partial charge in [0.1, 0.15) is 30.0 Å². The highest BCUT2D eigenvalue weighted by atomic mass is 16.6. The number of anilines is 1. The number of rotatable bonds is 8. The van der Waals surface area contributed by atoms with Gasteiger partial charge in [-0.05, 0) is 54.1 Å². The Morgan fingerprint density at radius 1 is 1.06 bits per heavy atom. The van der Waals surface area contributed by atoms with E-state index in [2.05, 4.69) is 5.32 Å². The number of nitrogens with zero attached hydrogens (tertiary/aromatic N) is 2. The molecule has 3 aromatic carbocycles. The van der Waals surface area contributed by atoms with Gasteiger partial charge in [-0.25, -0.2) is 0 Å². The Morgan fingerprint density at radius 3 is 2.58 bits per heavy atom. The molecule has 0 saturated carbocycles. The molecule has 0 aliphatic carbocycles. The standard InChI is InChI=1S/C27H23N3O6/c1-34-25-13-8-18(15-19(25)17-36-21-11-9-20(10-12-21)30(32)33)26-28-24-7-3-2-6-23(24)27(31)29(26)16-22-5-4-14-35-22/h2-15,26,28H,16-17H2,1H3/t26-/m0/s1. The number of carbonyl (C=O) groups is 1. The third-order valence-corrected chi connectivity index (χ3v) is 5.99. The zero-order chi connectivity index (χ0) is 25.1. The highest BCUT2D eigenvalue weighted by Gasteiger charge is 2.33. The van der Waals surface area contributed by atoms with Gasteiger partial charge in [0.05, 0.1) is 30.4 Å². The average molecular weight is 485 g/mol. The van der Waals surface area contributed by atoms with Crippen molar-refractivity contribution in [3.8, 4) is 11.5 Å². The van der Waals surface area contributed by atoms with Gasteiger partial charge >= 0.3 is 0 Å². The van der Waals surface area contributed by atoms with Gasteiger partial charge in [0, 0.05) is 23.4 Å². The van der Waals surface area contributed by atoms with Gasteiger partial charge in [-0.2, -0.15) is 0 Å². The molecule has 4 aromatic rings. The maximum Gasteiger partial charge on any atom is 0.269 e. The van der Waals surface area contributed by atoms with Crippen LogP contribution in [0.25, 0.3) is 0 Å². The zero-order valence-corrected chi connectivity index (χ0v) is 19.4. The lowest BCUT2D eigenvalue weighted by Gasteiger charge is -2.38. The second-order valence-electron chi connectivity index (χ2n) is 8.22. The number of benzene rings is 3. The average Bonchev–Trinajstić information content (AvgIpc) is 3.42. The van der Waals surface area contributed by atoms with Gasteiger partial charge in [-0.15, -0.1) is 0 Å². The summed E-state index contributed by atoms with van der Waals surface area (Å²) in [6.45, 7) is 0.461. The number of non-ortho nitro benzene ring substituents is 1. The summed E-state index contributed by atoms with van der Waals surface area (Å²) in [6.07, 6.45) is 1.13. The molecule has 0 bridgehead atoms. The summed E-state index contributed by atoms with van der Waals surface area (Å²) in [5.41, 5.74) is 2.94. The Labute approximate surface area is 207 Å². The fourth-order valence-corrected chi connectivity index (χ4v) is 4.20. The minimum Gasteiger partial charge on any atom is -0.496 e. The van der Waals surface area contributed by atoms with Crippen LogP contribution in [0.15, 0.2) is 89.5 Å². The zero-order valence-electron chi connectivity index (χ0n) is 19.4. The number of fused-ring (bicyclic) bond motifs is 1. The fraction of sp³-hybridized carbons (Fsp3) is 0.148. The first kappa shape index (κ1) is 23.0. The Hall–Kier alpha value is -4.79. The van der Waals surface area contributed by atoms with E-state index in [9.17, 15) is 14.9 Å². The molecule has 0 radical (unpaired) electrons. The number of methoxy groups -OCH3 is 1. The van der Waals surface area contributed by atoms with Crippen LogP contribution in [-0.2, 0) is 13.2 Å². The van der Waals surface area contributed by atoms with E-state index >= 15 is 0 Å². The minimum atomic E-state index is -0.457. The molecule has 0 saturated heterocycles. The molecule has 1 N–H and O–H groups in total. The van der Waals surface area contributed by atoms with Gasteiger partial charge in [0.25, 0.3) is 11.6 Å². The molecular formula is C27H23N3O6. The second kappa shape index (κ2) is 9.83. The lowest BCUT2D eigenvalue weighted by Crippen LogP contribution is -2.42. The first-order chi connectivity index (χ1) is 17.5. The highest BCUT2D eigenvalue weighted by Crippen LogP contribution is 2.36. The lowest BCUT2D eigenvalue weighted by molar-refractivity contribution is -0.384. The van der Waals surface area contributed by atoms with Gasteiger partial charge in [0.2, 0.25) is 0 Å². The molecule has 9 nitrogen and oxygen atoms in total. The van der Waals surface area contributed by atoms with Crippen LogP contribution in [0.1, 0.15) is 33.4 Å². The van der Waals surface area contributed by atoms with Crippen molar-refractivity contribution in [1.29, 1.82) is 0 Å². The molecule has 9 heteroatoms. The number of carbonyl (C=O) groups excluding carboxylic acids is 1. The predicted octanol–water partition coefficient (Wildman–Crippen LogP) is 5.54. The van der Waals surface area contributed by atoms with Crippen LogP contribution in [0.3, 0.4) is 0 Å². The van der Waals surface area contributed by atoms with Crippen molar-refractivity contribution >= 4 is 17.3 Å². The molecule has 0 fully saturated rings. The first-order valence-corrected chi connectivity index (χ1v) is 11.3. The molecule has 0 unspecified atom stereocenters. The van der Waals surface area contributed by atoms with Gasteiger partial charge in [0.15, 0.2) is 0 Å². The Kier molecular flexibility index (Phi) is 6.27. The van der Waals surface area contributed by atoms with E-state index in [1.165, 1.54) is 12.1 Å². The molecule has 1 aliphatic rings. The summed E-state index contributed by atoms with van der Waals surface area (Å²) in [4.78, 5) is 25.6. The number of nitro benzene ring substituents is 1. The van der Waals surface area contributed by atoms with Crippen LogP contribution in [0, 0.1) is 10.1 Å². The van der Waals surface area contributed by atoms with Gasteiger partial charge in [-0.3, -0.25) is 14.9 Å². The first-order valence-electron chi connectivity index (χ1n) is 11.3. The third kappa shape index (κ3) is 4.58. The molecular weight excluding hydrogens is 462 g/mol. The smallest absolute Gasteiger partial charge is 0.269 e. The van der Waals surface area contributed by atoms with E-state index in [0.29, 0.717) is 29.4 Å². The summed E-state index contributed by atoms with van der Waals surface area (Å²) in [6, 6.07) is 22.6. The quantitative estimate of drug-likeness (QED) is 0.258. The highest BCUT2D eigenvalue weighted by molar-refractivity contribution is 6.01. The monoisotopic (exact) mass is 485 g/mol. The summed E-state index contributed by atoms with van der Waals surface area (Å²) in [5, 5.41) is 14.4. The number of furan rings is 1. The lowest BCUT2D eigenvalue weighted by atomic mass is 10.0. The number of para-hydroxylation sites is 1. The SMILES string of the molecule is COc1ccc([C@H]2Nc3ccccc3C(=O)N2Cc2ccco2)cc1COc1ccc([N+](=O)[O-])cc1. The van der Waals surface area contributed by atoms with Crippen molar-refractivity contribution in [1.82, 2.24) is 4.90 Å². The Balaban J connectivity index is 1.45. The van der Waals surface area contributed by atoms with Crippen LogP contribution in [0.2, 0.25) is 0 Å². The van der Waals surface area contributed by atoms with Crippen LogP contribution >= 0.6 is 0 Å². The number of ether oxygens (including phenoxy) is 2. The third-order valence-electron chi connectivity index (χ3n) is 5.99. The molecule has 5 rings (SSSR count). The summed E-state index contributed by atoms with van der Waals surface area (Å²) >= 11 is 0. The molecule has 1 atom stereocenters. The van der Waals surface area contributed by atoms with Crippen LogP contribution in [0.5, 0.6) is 11.5 Å². The topological polar surface area (TPSA) is 107 Å². The van der Waals surface area contributed by atoms with Crippen molar-refractivity contribution in [2.24, 2.45) is 0 Å². The number of nitro groups is 1. The number of hydrogen-bond acceptors (Lipinski definition) is 7. The largest absolute Gasteiger partial charge is 0.496 e. The minimum absolute atomic E-state index is 0.00750. The predicted molar refractivity (Wildman–Crippen MR) is 132 cm³/mol. The van der Waals surface area contributed by atoms with E-state index in [0.717, 1.165) is 16.8 Å². The molecule has 1 aliphatic heterocycles. The molecule has 36 heavy (non-hydrogen) atoms. The summed E-state index contributed by atoms with van der Waals surface area (Å²) in [7, 11) is 1.58. The van der Waals surface area contributed by atoms with Crippen LogP contribution in [0.4, 0.5) is 11.4 Å². The number of nitrogens with one attached hydrogen (secondary N) is 1. The van der Waals surface area contributed by atoms with Crippen molar-refractivity contribution in [2.45, 2.75) is 19.3 Å². The molecule has 1 aromatic heterocycles. The van der Waals surface area contributed by atoms with E-state index in [-0.39, 0.29) is 18.2 Å². The van der Waals surface area contributed by atoms with Crippen molar-refractivity contribution < 1.29 is 23.6 Å². The number of hydrogen-bond donors (Lipinski definition) is 1. The van der Waals surface area contributed by atoms with Crippen molar-refractivity contribution in [3.05, 3.63) is 118 Å². The van der Waals surface area contributed by atoms with E-state index in [4.69, 9.17) is 13.9 Å². The normalized spacial score (nSPS) is 14.6. The van der Waals surface area contributed by atoms with Crippen LogP contribution < -0.4 is 14.8 Å². The molecule has 0 spiro atoms. The number of amides is 1. The molecule has 2 heterocycles. The Morgan fingerprint density at radius 2 is 1.86 bits per heavy atom. The van der Waals surface area contributed by atoms with Crippen molar-refractivity contribution in [3.63, 3.8) is 0 Å². The van der Waals surface area contributed by atoms with E-state index in [1.807, 2.05) is 42.5 Å². The van der Waals surface area contributed by atoms with Crippen LogP contribution in [-0.4, -0.2) is 22.8 Å². The maximum absolute atomic E-state index is 13.5. The Bertz CT molecular complexity index is 1390. The maximum atomic E-state index is 13.5.